The van der Waals surface area contributed by atoms with E-state index in [0.717, 1.165) is 0 Å². The number of ketones is 1. The number of hydrogen-bond donors (Lipinski definition) is 2. The van der Waals surface area contributed by atoms with Crippen LogP contribution in [0.2, 0.25) is 0 Å². The second-order valence-corrected chi connectivity index (χ2v) is 7.35. The average Bonchev–Trinajstić information content (AvgIpc) is 3.25. The van der Waals surface area contributed by atoms with Crippen molar-refractivity contribution in [1.29, 1.82) is 0 Å². The number of nitrogens with one attached hydrogen (secondary N) is 2. The molecule has 0 bridgehead atoms. The molecular formula is C26H24N2O6. The third-order valence-corrected chi connectivity index (χ3v) is 5.43. The molecule has 4 aromatic rings. The highest BCUT2D eigenvalue weighted by Gasteiger charge is 2.23. The normalized spacial score (nSPS) is 10.6. The number of carbonyl (C=O) groups is 2. The van der Waals surface area contributed by atoms with Crippen LogP contribution in [0, 0.1) is 0 Å². The van der Waals surface area contributed by atoms with E-state index in [1.807, 2.05) is 24.3 Å². The van der Waals surface area contributed by atoms with Crippen molar-refractivity contribution in [3.05, 3.63) is 77.5 Å². The number of para-hydroxylation sites is 1. The Hall–Kier alpha value is -4.46. The molecule has 0 radical (unpaired) electrons. The minimum atomic E-state index is -0.441. The summed E-state index contributed by atoms with van der Waals surface area (Å²) in [4.78, 5) is 29.9. The van der Waals surface area contributed by atoms with E-state index in [1.165, 1.54) is 28.4 Å². The molecule has 0 unspecified atom stereocenters. The minimum absolute atomic E-state index is 0.259. The van der Waals surface area contributed by atoms with Gasteiger partial charge >= 0.3 is 0 Å². The Morgan fingerprint density at radius 2 is 1.47 bits per heavy atom. The van der Waals surface area contributed by atoms with E-state index in [2.05, 4.69) is 10.3 Å². The van der Waals surface area contributed by atoms with E-state index in [9.17, 15) is 9.59 Å². The topological polar surface area (TPSA) is 98.9 Å². The summed E-state index contributed by atoms with van der Waals surface area (Å²) in [6, 6.07) is 17.3. The summed E-state index contributed by atoms with van der Waals surface area (Å²) >= 11 is 0. The van der Waals surface area contributed by atoms with E-state index in [0.29, 0.717) is 45.2 Å². The van der Waals surface area contributed by atoms with Gasteiger partial charge in [-0.25, -0.2) is 0 Å². The number of amides is 1. The number of fused-ring (bicyclic) bond motifs is 1. The van der Waals surface area contributed by atoms with Crippen LogP contribution in [0.1, 0.15) is 26.4 Å². The molecule has 0 spiro atoms. The predicted octanol–water partition coefficient (Wildman–Crippen LogP) is 4.69. The third-order valence-electron chi connectivity index (χ3n) is 5.43. The van der Waals surface area contributed by atoms with Crippen molar-refractivity contribution in [3.63, 3.8) is 0 Å². The van der Waals surface area contributed by atoms with Crippen LogP contribution in [-0.2, 0) is 0 Å². The zero-order chi connectivity index (χ0) is 24.2. The Balaban J connectivity index is 1.78. The van der Waals surface area contributed by atoms with Crippen molar-refractivity contribution in [2.24, 2.45) is 0 Å². The second kappa shape index (κ2) is 9.58. The smallest absolute Gasteiger partial charge is 0.256 e. The summed E-state index contributed by atoms with van der Waals surface area (Å²) in [6.07, 6.45) is 0. The highest BCUT2D eigenvalue weighted by Crippen LogP contribution is 2.39. The van der Waals surface area contributed by atoms with Gasteiger partial charge in [0.2, 0.25) is 11.5 Å². The number of ether oxygens (including phenoxy) is 4. The van der Waals surface area contributed by atoms with Crippen molar-refractivity contribution in [1.82, 2.24) is 4.98 Å². The van der Waals surface area contributed by atoms with E-state index in [4.69, 9.17) is 18.9 Å². The lowest BCUT2D eigenvalue weighted by Gasteiger charge is -2.14. The number of anilines is 1. The van der Waals surface area contributed by atoms with Crippen molar-refractivity contribution in [2.75, 3.05) is 33.8 Å². The van der Waals surface area contributed by atoms with Gasteiger partial charge in [0, 0.05) is 22.0 Å². The Morgan fingerprint density at radius 3 is 2.12 bits per heavy atom. The Bertz CT molecular complexity index is 1350. The first-order valence-electron chi connectivity index (χ1n) is 10.4. The molecule has 0 aliphatic heterocycles. The number of rotatable bonds is 8. The number of aromatic nitrogens is 1. The Kier molecular flexibility index (Phi) is 6.40. The van der Waals surface area contributed by atoms with Crippen molar-refractivity contribution in [3.8, 4) is 23.0 Å². The van der Waals surface area contributed by atoms with Gasteiger partial charge in [0.05, 0.1) is 34.1 Å². The predicted molar refractivity (Wildman–Crippen MR) is 129 cm³/mol. The first-order valence-corrected chi connectivity index (χ1v) is 10.4. The lowest BCUT2D eigenvalue weighted by atomic mass is 10.1. The molecule has 1 amide bonds. The number of hydrogen-bond acceptors (Lipinski definition) is 6. The number of H-pyrrole nitrogens is 1. The van der Waals surface area contributed by atoms with Crippen molar-refractivity contribution < 1.29 is 28.5 Å². The maximum Gasteiger partial charge on any atom is 0.256 e. The molecule has 4 rings (SSSR count). The maximum absolute atomic E-state index is 13.4. The van der Waals surface area contributed by atoms with Crippen LogP contribution in [0.25, 0.3) is 10.9 Å². The molecule has 0 fully saturated rings. The van der Waals surface area contributed by atoms with Gasteiger partial charge in [-0.1, -0.05) is 30.3 Å². The van der Waals surface area contributed by atoms with Gasteiger partial charge in [0.1, 0.15) is 11.4 Å². The molecule has 8 heteroatoms. The summed E-state index contributed by atoms with van der Waals surface area (Å²) in [6.45, 7) is 0. The van der Waals surface area contributed by atoms with Crippen LogP contribution in [0.3, 0.4) is 0 Å². The standard InChI is InChI=1S/C26H24N2O6/c1-31-17-9-7-8-15(12-17)24(29)23-22(18-10-5-6-11-19(18)27-23)28-26(30)16-13-20(32-2)25(34-4)21(14-16)33-3/h5-14,27H,1-4H3,(H,28,30). The average molecular weight is 460 g/mol. The highest BCUT2D eigenvalue weighted by atomic mass is 16.5. The fourth-order valence-corrected chi connectivity index (χ4v) is 3.75. The lowest BCUT2D eigenvalue weighted by Crippen LogP contribution is -2.15. The fraction of sp³-hybridized carbons (Fsp3) is 0.154. The van der Waals surface area contributed by atoms with E-state index >= 15 is 0 Å². The van der Waals surface area contributed by atoms with Crippen LogP contribution >= 0.6 is 0 Å². The van der Waals surface area contributed by atoms with Crippen LogP contribution < -0.4 is 24.3 Å². The van der Waals surface area contributed by atoms with Crippen LogP contribution in [0.5, 0.6) is 23.0 Å². The van der Waals surface area contributed by atoms with Crippen molar-refractivity contribution in [2.45, 2.75) is 0 Å². The molecule has 0 aliphatic rings. The fourth-order valence-electron chi connectivity index (χ4n) is 3.75. The third kappa shape index (κ3) is 4.13. The Morgan fingerprint density at radius 1 is 0.765 bits per heavy atom. The first kappa shape index (κ1) is 22.7. The van der Waals surface area contributed by atoms with E-state index < -0.39 is 5.91 Å². The zero-order valence-corrected chi connectivity index (χ0v) is 19.2. The molecule has 1 aromatic heterocycles. The molecule has 8 nitrogen and oxygen atoms in total. The van der Waals surface area contributed by atoms with Gasteiger partial charge in [0.25, 0.3) is 5.91 Å². The Labute approximate surface area is 196 Å². The molecule has 1 heterocycles. The monoisotopic (exact) mass is 460 g/mol. The summed E-state index contributed by atoms with van der Waals surface area (Å²) in [7, 11) is 5.98. The van der Waals surface area contributed by atoms with Gasteiger partial charge in [-0.15, -0.1) is 0 Å². The lowest BCUT2D eigenvalue weighted by molar-refractivity contribution is 0.102. The SMILES string of the molecule is COc1cccc(C(=O)c2[nH]c3ccccc3c2NC(=O)c2cc(OC)c(OC)c(OC)c2)c1. The number of methoxy groups -OCH3 is 4. The zero-order valence-electron chi connectivity index (χ0n) is 19.2. The molecule has 0 saturated carbocycles. The molecular weight excluding hydrogens is 436 g/mol. The van der Waals surface area contributed by atoms with Crippen LogP contribution in [-0.4, -0.2) is 45.1 Å². The summed E-state index contributed by atoms with van der Waals surface area (Å²) in [5.74, 6) is 0.906. The number of carbonyl (C=O) groups excluding carboxylic acids is 2. The first-order chi connectivity index (χ1) is 16.5. The molecule has 34 heavy (non-hydrogen) atoms. The quantitative estimate of drug-likeness (QED) is 0.370. The van der Waals surface area contributed by atoms with Gasteiger partial charge in [-0.3, -0.25) is 9.59 Å². The molecule has 3 aromatic carbocycles. The molecule has 0 atom stereocenters. The largest absolute Gasteiger partial charge is 0.497 e. The molecule has 0 saturated heterocycles. The van der Waals surface area contributed by atoms with Crippen molar-refractivity contribution >= 4 is 28.3 Å². The van der Waals surface area contributed by atoms with Gasteiger partial charge in [-0.2, -0.15) is 0 Å². The number of benzene rings is 3. The number of aromatic amines is 1. The van der Waals surface area contributed by atoms with E-state index in [-0.39, 0.29) is 17.0 Å². The summed E-state index contributed by atoms with van der Waals surface area (Å²) in [5, 5.41) is 3.60. The molecule has 174 valence electrons. The van der Waals surface area contributed by atoms with Gasteiger partial charge in [0.15, 0.2) is 11.5 Å². The minimum Gasteiger partial charge on any atom is -0.497 e. The summed E-state index contributed by atoms with van der Waals surface area (Å²) < 4.78 is 21.3. The molecule has 0 aliphatic carbocycles. The van der Waals surface area contributed by atoms with Gasteiger partial charge in [-0.05, 0) is 30.3 Å². The highest BCUT2D eigenvalue weighted by molar-refractivity contribution is 6.20. The molecule has 2 N–H and O–H groups in total. The van der Waals surface area contributed by atoms with Gasteiger partial charge < -0.3 is 29.2 Å². The summed E-state index contributed by atoms with van der Waals surface area (Å²) in [5.41, 5.74) is 2.06. The maximum atomic E-state index is 13.4. The second-order valence-electron chi connectivity index (χ2n) is 7.35. The van der Waals surface area contributed by atoms with Crippen LogP contribution in [0.15, 0.2) is 60.7 Å². The van der Waals surface area contributed by atoms with Crippen LogP contribution in [0.4, 0.5) is 5.69 Å². The van der Waals surface area contributed by atoms with E-state index in [1.54, 1.807) is 36.4 Å².